The largest absolute Gasteiger partial charge is 0.346 e. The molecule has 0 saturated carbocycles. The van der Waals surface area contributed by atoms with Crippen molar-refractivity contribution in [2.45, 2.75) is 32.7 Å². The van der Waals surface area contributed by atoms with Crippen LogP contribution < -0.4 is 10.2 Å². The minimum Gasteiger partial charge on any atom is -0.346 e. The van der Waals surface area contributed by atoms with Gasteiger partial charge in [-0.3, -0.25) is 4.79 Å². The molecular formula is C18H21N3O. The molecule has 4 nitrogen and oxygen atoms in total. The lowest BCUT2D eigenvalue weighted by atomic mass is 10.1. The molecule has 1 aromatic heterocycles. The van der Waals surface area contributed by atoms with Crippen LogP contribution in [0.1, 0.15) is 36.8 Å². The van der Waals surface area contributed by atoms with E-state index in [4.69, 9.17) is 0 Å². The van der Waals surface area contributed by atoms with E-state index in [1.807, 2.05) is 26.8 Å². The molecule has 0 radical (unpaired) electrons. The van der Waals surface area contributed by atoms with Crippen LogP contribution in [0.5, 0.6) is 0 Å². The van der Waals surface area contributed by atoms with Gasteiger partial charge in [-0.05, 0) is 51.0 Å². The molecular weight excluding hydrogens is 274 g/mol. The minimum absolute atomic E-state index is 0.138. The SMILES string of the molecule is CC(C)(C)NC(=O)c1ccc(N2CCc3ccccc32)cn1. The van der Waals surface area contributed by atoms with E-state index >= 15 is 0 Å². The molecule has 2 aromatic rings. The number of nitrogens with zero attached hydrogens (tertiary/aromatic N) is 2. The van der Waals surface area contributed by atoms with E-state index in [1.165, 1.54) is 11.3 Å². The Balaban J connectivity index is 1.80. The fourth-order valence-corrected chi connectivity index (χ4v) is 2.69. The van der Waals surface area contributed by atoms with Crippen molar-refractivity contribution in [1.82, 2.24) is 10.3 Å². The Morgan fingerprint density at radius 3 is 2.64 bits per heavy atom. The molecule has 0 unspecified atom stereocenters. The normalized spacial score (nSPS) is 13.9. The number of benzene rings is 1. The number of hydrogen-bond donors (Lipinski definition) is 1. The van der Waals surface area contributed by atoms with Gasteiger partial charge in [0.05, 0.1) is 11.9 Å². The van der Waals surface area contributed by atoms with Gasteiger partial charge in [-0.1, -0.05) is 18.2 Å². The van der Waals surface area contributed by atoms with Gasteiger partial charge in [0.15, 0.2) is 0 Å². The van der Waals surface area contributed by atoms with E-state index in [0.29, 0.717) is 5.69 Å². The molecule has 0 bridgehead atoms. The molecule has 0 saturated heterocycles. The molecule has 1 amide bonds. The predicted octanol–water partition coefficient (Wildman–Crippen LogP) is 3.30. The molecule has 1 aromatic carbocycles. The van der Waals surface area contributed by atoms with E-state index in [0.717, 1.165) is 18.7 Å². The summed E-state index contributed by atoms with van der Waals surface area (Å²) in [5.41, 5.74) is 3.81. The number of carbonyl (C=O) groups excluding carboxylic acids is 1. The number of rotatable bonds is 2. The topological polar surface area (TPSA) is 45.2 Å². The van der Waals surface area contributed by atoms with Crippen molar-refractivity contribution in [3.05, 3.63) is 53.9 Å². The van der Waals surface area contributed by atoms with Crippen molar-refractivity contribution in [3.63, 3.8) is 0 Å². The lowest BCUT2D eigenvalue weighted by Gasteiger charge is -2.21. The quantitative estimate of drug-likeness (QED) is 0.924. The van der Waals surface area contributed by atoms with E-state index in [1.54, 1.807) is 12.3 Å². The third-order valence-corrected chi connectivity index (χ3v) is 3.67. The maximum atomic E-state index is 12.1. The van der Waals surface area contributed by atoms with Gasteiger partial charge in [0.25, 0.3) is 5.91 Å². The molecule has 3 rings (SSSR count). The van der Waals surface area contributed by atoms with Crippen LogP contribution in [0.3, 0.4) is 0 Å². The third-order valence-electron chi connectivity index (χ3n) is 3.67. The van der Waals surface area contributed by atoms with Crippen LogP contribution in [0.4, 0.5) is 11.4 Å². The smallest absolute Gasteiger partial charge is 0.270 e. The van der Waals surface area contributed by atoms with Crippen LogP contribution in [0, 0.1) is 0 Å². The molecule has 114 valence electrons. The molecule has 1 N–H and O–H groups in total. The molecule has 0 aliphatic carbocycles. The van der Waals surface area contributed by atoms with E-state index < -0.39 is 0 Å². The monoisotopic (exact) mass is 295 g/mol. The van der Waals surface area contributed by atoms with E-state index in [2.05, 4.69) is 39.5 Å². The summed E-state index contributed by atoms with van der Waals surface area (Å²) in [4.78, 5) is 18.7. The highest BCUT2D eigenvalue weighted by atomic mass is 16.2. The first kappa shape index (κ1) is 14.6. The summed E-state index contributed by atoms with van der Waals surface area (Å²) in [7, 11) is 0. The molecule has 2 heterocycles. The zero-order valence-electron chi connectivity index (χ0n) is 13.3. The fraction of sp³-hybridized carbons (Fsp3) is 0.333. The number of fused-ring (bicyclic) bond motifs is 1. The second-order valence-corrected chi connectivity index (χ2v) is 6.64. The van der Waals surface area contributed by atoms with Gasteiger partial charge in [-0.15, -0.1) is 0 Å². The zero-order valence-corrected chi connectivity index (χ0v) is 13.3. The summed E-state index contributed by atoms with van der Waals surface area (Å²) >= 11 is 0. The summed E-state index contributed by atoms with van der Waals surface area (Å²) in [5, 5.41) is 2.93. The summed E-state index contributed by atoms with van der Waals surface area (Å²) < 4.78 is 0. The standard InChI is InChI=1S/C18H21N3O/c1-18(2,3)20-17(22)15-9-8-14(12-19-15)21-11-10-13-6-4-5-7-16(13)21/h4-9,12H,10-11H2,1-3H3,(H,20,22). The molecule has 1 aliphatic rings. The third kappa shape index (κ3) is 2.96. The van der Waals surface area contributed by atoms with Gasteiger partial charge in [0, 0.05) is 17.8 Å². The second kappa shape index (κ2) is 5.44. The van der Waals surface area contributed by atoms with Crippen molar-refractivity contribution in [3.8, 4) is 0 Å². The van der Waals surface area contributed by atoms with Gasteiger partial charge in [0.1, 0.15) is 5.69 Å². The predicted molar refractivity (Wildman–Crippen MR) is 88.6 cm³/mol. The second-order valence-electron chi connectivity index (χ2n) is 6.64. The first-order chi connectivity index (χ1) is 10.4. The number of pyridine rings is 1. The molecule has 4 heteroatoms. The average molecular weight is 295 g/mol. The number of nitrogens with one attached hydrogen (secondary N) is 1. The highest BCUT2D eigenvalue weighted by molar-refractivity contribution is 5.93. The van der Waals surface area contributed by atoms with E-state index in [-0.39, 0.29) is 11.4 Å². The number of amides is 1. The van der Waals surface area contributed by atoms with Gasteiger partial charge in [-0.25, -0.2) is 4.98 Å². The van der Waals surface area contributed by atoms with Crippen LogP contribution >= 0.6 is 0 Å². The van der Waals surface area contributed by atoms with Crippen LogP contribution in [0.2, 0.25) is 0 Å². The van der Waals surface area contributed by atoms with Crippen LogP contribution in [-0.4, -0.2) is 23.0 Å². The van der Waals surface area contributed by atoms with Crippen molar-refractivity contribution in [2.24, 2.45) is 0 Å². The van der Waals surface area contributed by atoms with Crippen LogP contribution in [0.25, 0.3) is 0 Å². The Labute approximate surface area is 131 Å². The Bertz CT molecular complexity index is 686. The number of anilines is 2. The van der Waals surface area contributed by atoms with Crippen molar-refractivity contribution in [2.75, 3.05) is 11.4 Å². The number of aromatic nitrogens is 1. The van der Waals surface area contributed by atoms with Gasteiger partial charge in [-0.2, -0.15) is 0 Å². The van der Waals surface area contributed by atoms with Crippen LogP contribution in [0.15, 0.2) is 42.6 Å². The summed E-state index contributed by atoms with van der Waals surface area (Å²) in [5.74, 6) is -0.138. The summed E-state index contributed by atoms with van der Waals surface area (Å²) in [6, 6.07) is 12.2. The zero-order chi connectivity index (χ0) is 15.7. The Morgan fingerprint density at radius 2 is 1.95 bits per heavy atom. The lowest BCUT2D eigenvalue weighted by Crippen LogP contribution is -2.40. The van der Waals surface area contributed by atoms with Crippen molar-refractivity contribution in [1.29, 1.82) is 0 Å². The summed E-state index contributed by atoms with van der Waals surface area (Å²) in [6.07, 6.45) is 2.82. The first-order valence-electron chi connectivity index (χ1n) is 7.58. The number of carbonyl (C=O) groups is 1. The van der Waals surface area contributed by atoms with Crippen LogP contribution in [-0.2, 0) is 6.42 Å². The van der Waals surface area contributed by atoms with Crippen molar-refractivity contribution < 1.29 is 4.79 Å². The summed E-state index contributed by atoms with van der Waals surface area (Å²) in [6.45, 7) is 6.83. The highest BCUT2D eigenvalue weighted by Crippen LogP contribution is 2.33. The Hall–Kier alpha value is -2.36. The van der Waals surface area contributed by atoms with Gasteiger partial charge >= 0.3 is 0 Å². The lowest BCUT2D eigenvalue weighted by molar-refractivity contribution is 0.0914. The maximum absolute atomic E-state index is 12.1. The average Bonchev–Trinajstić information content (AvgIpc) is 2.89. The molecule has 1 aliphatic heterocycles. The maximum Gasteiger partial charge on any atom is 0.270 e. The Morgan fingerprint density at radius 1 is 1.18 bits per heavy atom. The Kier molecular flexibility index (Phi) is 3.61. The first-order valence-corrected chi connectivity index (χ1v) is 7.58. The van der Waals surface area contributed by atoms with E-state index in [9.17, 15) is 4.79 Å². The van der Waals surface area contributed by atoms with Crippen molar-refractivity contribution >= 4 is 17.3 Å². The number of para-hydroxylation sites is 1. The molecule has 0 atom stereocenters. The fourth-order valence-electron chi connectivity index (χ4n) is 2.69. The van der Waals surface area contributed by atoms with Gasteiger partial charge in [0.2, 0.25) is 0 Å². The van der Waals surface area contributed by atoms with Gasteiger partial charge < -0.3 is 10.2 Å². The number of hydrogen-bond acceptors (Lipinski definition) is 3. The molecule has 22 heavy (non-hydrogen) atoms. The molecule has 0 fully saturated rings. The highest BCUT2D eigenvalue weighted by Gasteiger charge is 2.21. The molecule has 0 spiro atoms. The minimum atomic E-state index is -0.259.